The van der Waals surface area contributed by atoms with E-state index in [1.165, 1.54) is 6.07 Å². The summed E-state index contributed by atoms with van der Waals surface area (Å²) in [4.78, 5) is 20.3. The van der Waals surface area contributed by atoms with Gasteiger partial charge in [0.1, 0.15) is 0 Å². The minimum Gasteiger partial charge on any atom is -0.477 e. The molecule has 0 fully saturated rings. The Labute approximate surface area is 88.0 Å². The third-order valence-electron chi connectivity index (χ3n) is 1.48. The Balaban J connectivity index is 3.53. The van der Waals surface area contributed by atoms with Gasteiger partial charge in [0.15, 0.2) is 5.56 Å². The first-order valence-electron chi connectivity index (χ1n) is 3.31. The van der Waals surface area contributed by atoms with Crippen LogP contribution in [0.4, 0.5) is 5.69 Å². The molecule has 14 heavy (non-hydrogen) atoms. The van der Waals surface area contributed by atoms with Crippen molar-refractivity contribution in [1.29, 1.82) is 0 Å². The molecule has 5 nitrogen and oxygen atoms in total. The molecule has 74 valence electrons. The minimum atomic E-state index is -1.48. The van der Waals surface area contributed by atoms with E-state index >= 15 is 0 Å². The van der Waals surface area contributed by atoms with Crippen LogP contribution >= 0.6 is 23.2 Å². The maximum Gasteiger partial charge on any atom is 0.344 e. The molecule has 0 spiro atoms. The largest absolute Gasteiger partial charge is 0.477 e. The Morgan fingerprint density at radius 2 is 2.00 bits per heavy atom. The summed E-state index contributed by atoms with van der Waals surface area (Å²) in [6.07, 6.45) is 0. The van der Waals surface area contributed by atoms with Gasteiger partial charge in [0.05, 0.1) is 15.0 Å². The fourth-order valence-corrected chi connectivity index (χ4v) is 1.29. The third-order valence-corrected chi connectivity index (χ3v) is 2.29. The average molecular weight is 236 g/mol. The lowest BCUT2D eigenvalue weighted by Crippen LogP contribution is -2.03. The van der Waals surface area contributed by atoms with E-state index < -0.39 is 22.1 Å². The monoisotopic (exact) mass is 235 g/mol. The van der Waals surface area contributed by atoms with Gasteiger partial charge in [0.25, 0.3) is 5.69 Å². The van der Waals surface area contributed by atoms with Gasteiger partial charge in [-0.15, -0.1) is 0 Å². The molecule has 0 unspecified atom stereocenters. The Kier molecular flexibility index (Phi) is 2.93. The van der Waals surface area contributed by atoms with Crippen LogP contribution < -0.4 is 0 Å². The molecule has 0 aliphatic carbocycles. The summed E-state index contributed by atoms with van der Waals surface area (Å²) in [5.41, 5.74) is -1.17. The van der Waals surface area contributed by atoms with Crippen molar-refractivity contribution >= 4 is 34.9 Å². The van der Waals surface area contributed by atoms with Crippen LogP contribution in [0.1, 0.15) is 10.4 Å². The third kappa shape index (κ3) is 1.78. The number of benzene rings is 1. The van der Waals surface area contributed by atoms with Gasteiger partial charge in [-0.25, -0.2) is 4.79 Å². The zero-order valence-electron chi connectivity index (χ0n) is 6.53. The van der Waals surface area contributed by atoms with Gasteiger partial charge >= 0.3 is 5.97 Å². The van der Waals surface area contributed by atoms with Crippen LogP contribution in [-0.2, 0) is 0 Å². The van der Waals surface area contributed by atoms with Gasteiger partial charge in [0, 0.05) is 6.07 Å². The van der Waals surface area contributed by atoms with Gasteiger partial charge in [0.2, 0.25) is 0 Å². The maximum atomic E-state index is 10.7. The fraction of sp³-hybridized carbons (Fsp3) is 0. The maximum absolute atomic E-state index is 10.7. The summed E-state index contributed by atoms with van der Waals surface area (Å²) in [5, 5.41) is 18.7. The molecule has 0 aliphatic heterocycles. The molecule has 0 atom stereocenters. The number of nitrogens with zero attached hydrogens (tertiary/aromatic N) is 1. The fourth-order valence-electron chi connectivity index (χ4n) is 0.896. The molecular weight excluding hydrogens is 233 g/mol. The molecule has 0 heterocycles. The summed E-state index contributed by atoms with van der Waals surface area (Å²) in [6.45, 7) is 0. The van der Waals surface area contributed by atoms with Crippen LogP contribution in [-0.4, -0.2) is 16.0 Å². The number of carboxylic acid groups (broad SMARTS) is 1. The Hall–Kier alpha value is -1.33. The van der Waals surface area contributed by atoms with Crippen molar-refractivity contribution in [3.05, 3.63) is 37.9 Å². The van der Waals surface area contributed by atoms with Gasteiger partial charge in [-0.05, 0) is 6.07 Å². The van der Waals surface area contributed by atoms with Crippen molar-refractivity contribution in [2.75, 3.05) is 0 Å². The van der Waals surface area contributed by atoms with Crippen molar-refractivity contribution < 1.29 is 14.8 Å². The number of hydrogen-bond acceptors (Lipinski definition) is 3. The molecule has 0 saturated heterocycles. The molecule has 7 heteroatoms. The summed E-state index contributed by atoms with van der Waals surface area (Å²) >= 11 is 11.0. The van der Waals surface area contributed by atoms with E-state index in [2.05, 4.69) is 0 Å². The van der Waals surface area contributed by atoms with Crippen molar-refractivity contribution in [2.24, 2.45) is 0 Å². The summed E-state index contributed by atoms with van der Waals surface area (Å²) in [7, 11) is 0. The van der Waals surface area contributed by atoms with Crippen molar-refractivity contribution in [3.63, 3.8) is 0 Å². The number of rotatable bonds is 2. The first kappa shape index (κ1) is 10.7. The molecular formula is C7H3Cl2NO4. The topological polar surface area (TPSA) is 80.4 Å². The number of carboxylic acids is 1. The Morgan fingerprint density at radius 1 is 1.43 bits per heavy atom. The number of nitro benzene ring substituents is 1. The number of carbonyl (C=O) groups is 1. The first-order chi connectivity index (χ1) is 6.45. The molecule has 0 radical (unpaired) electrons. The quantitative estimate of drug-likeness (QED) is 0.631. The molecule has 0 aromatic heterocycles. The van der Waals surface area contributed by atoms with Crippen LogP contribution in [0.15, 0.2) is 12.1 Å². The van der Waals surface area contributed by atoms with Crippen molar-refractivity contribution in [1.82, 2.24) is 0 Å². The lowest BCUT2D eigenvalue weighted by molar-refractivity contribution is -0.385. The standard InChI is InChI=1S/C7H3Cl2NO4/c8-3-1-2-4(10(13)14)5(6(3)9)7(11)12/h1-2H,(H,11,12). The molecule has 0 amide bonds. The molecule has 0 aliphatic rings. The van der Waals surface area contributed by atoms with E-state index in [0.29, 0.717) is 0 Å². The summed E-state index contributed by atoms with van der Waals surface area (Å²) < 4.78 is 0. The highest BCUT2D eigenvalue weighted by atomic mass is 35.5. The van der Waals surface area contributed by atoms with Crippen molar-refractivity contribution in [2.45, 2.75) is 0 Å². The van der Waals surface area contributed by atoms with E-state index in [1.807, 2.05) is 0 Å². The molecule has 0 saturated carbocycles. The molecule has 1 aromatic rings. The Bertz CT molecular complexity index is 418. The van der Waals surface area contributed by atoms with Gasteiger partial charge in [-0.2, -0.15) is 0 Å². The van der Waals surface area contributed by atoms with Crippen LogP contribution in [0.2, 0.25) is 10.0 Å². The highest BCUT2D eigenvalue weighted by Crippen LogP contribution is 2.32. The van der Waals surface area contributed by atoms with Gasteiger partial charge in [-0.3, -0.25) is 10.1 Å². The molecule has 0 bridgehead atoms. The van der Waals surface area contributed by atoms with Crippen LogP contribution in [0.5, 0.6) is 0 Å². The summed E-state index contributed by atoms with van der Waals surface area (Å²) in [5.74, 6) is -1.48. The van der Waals surface area contributed by atoms with Crippen molar-refractivity contribution in [3.8, 4) is 0 Å². The van der Waals surface area contributed by atoms with Crippen LogP contribution in [0.3, 0.4) is 0 Å². The average Bonchev–Trinajstić information content (AvgIpc) is 2.08. The zero-order valence-corrected chi connectivity index (χ0v) is 8.04. The zero-order chi connectivity index (χ0) is 10.9. The predicted octanol–water partition coefficient (Wildman–Crippen LogP) is 2.60. The van der Waals surface area contributed by atoms with Gasteiger partial charge in [-0.1, -0.05) is 23.2 Å². The summed E-state index contributed by atoms with van der Waals surface area (Å²) in [6, 6.07) is 2.17. The molecule has 1 N–H and O–H groups in total. The molecule has 1 aromatic carbocycles. The highest BCUT2D eigenvalue weighted by Gasteiger charge is 2.24. The number of halogens is 2. The smallest absolute Gasteiger partial charge is 0.344 e. The number of aromatic carboxylic acids is 1. The SMILES string of the molecule is O=C(O)c1c([N+](=O)[O-])ccc(Cl)c1Cl. The van der Waals surface area contributed by atoms with Crippen LogP contribution in [0, 0.1) is 10.1 Å². The second-order valence-electron chi connectivity index (χ2n) is 2.32. The predicted molar refractivity (Wildman–Crippen MR) is 50.1 cm³/mol. The van der Waals surface area contributed by atoms with Gasteiger partial charge < -0.3 is 5.11 Å². The number of hydrogen-bond donors (Lipinski definition) is 1. The molecule has 1 rings (SSSR count). The number of nitro groups is 1. The second kappa shape index (κ2) is 3.81. The lowest BCUT2D eigenvalue weighted by Gasteiger charge is -2.01. The second-order valence-corrected chi connectivity index (χ2v) is 3.10. The highest BCUT2D eigenvalue weighted by molar-refractivity contribution is 6.44. The van der Waals surface area contributed by atoms with E-state index in [9.17, 15) is 14.9 Å². The van der Waals surface area contributed by atoms with E-state index in [1.54, 1.807) is 0 Å². The first-order valence-corrected chi connectivity index (χ1v) is 4.06. The lowest BCUT2D eigenvalue weighted by atomic mass is 10.2. The van der Waals surface area contributed by atoms with E-state index in [4.69, 9.17) is 28.3 Å². The normalized spacial score (nSPS) is 9.86. The van der Waals surface area contributed by atoms with E-state index in [0.717, 1.165) is 6.07 Å². The van der Waals surface area contributed by atoms with E-state index in [-0.39, 0.29) is 10.0 Å². The Morgan fingerprint density at radius 3 is 2.43 bits per heavy atom. The minimum absolute atomic E-state index is 0.0327. The van der Waals surface area contributed by atoms with Crippen LogP contribution in [0.25, 0.3) is 0 Å².